The van der Waals surface area contributed by atoms with Crippen LogP contribution in [0, 0.1) is 6.57 Å². The average Bonchev–Trinajstić information content (AvgIpc) is 2.81. The Morgan fingerprint density at radius 1 is 1.19 bits per heavy atom. The van der Waals surface area contributed by atoms with Gasteiger partial charge in [-0.25, -0.2) is 9.83 Å². The highest BCUT2D eigenvalue weighted by Gasteiger charge is 2.18. The van der Waals surface area contributed by atoms with Crippen LogP contribution in [0.5, 0.6) is 0 Å². The van der Waals surface area contributed by atoms with Gasteiger partial charge < -0.3 is 0 Å². The molecule has 104 valence electrons. The van der Waals surface area contributed by atoms with Crippen molar-refractivity contribution in [2.45, 2.75) is 0 Å². The Kier molecular flexibility index (Phi) is 3.85. The number of nitrogens with zero attached hydrogens (tertiary/aromatic N) is 3. The molecule has 0 saturated heterocycles. The lowest BCUT2D eigenvalue weighted by atomic mass is 10.1. The van der Waals surface area contributed by atoms with E-state index in [4.69, 9.17) is 41.4 Å². The molecular weight excluding hydrogens is 396 g/mol. The fraction of sp³-hybridized carbons (Fsp3) is 0. The summed E-state index contributed by atoms with van der Waals surface area (Å²) in [6.45, 7) is 7.39. The molecule has 1 aromatic carbocycles. The third-order valence-electron chi connectivity index (χ3n) is 3.00. The van der Waals surface area contributed by atoms with Crippen molar-refractivity contribution in [1.82, 2.24) is 9.38 Å². The molecule has 0 saturated carbocycles. The van der Waals surface area contributed by atoms with Crippen LogP contribution in [0.3, 0.4) is 0 Å². The first-order chi connectivity index (χ1) is 10.0. The van der Waals surface area contributed by atoms with Gasteiger partial charge in [0.25, 0.3) is 0 Å². The minimum absolute atomic E-state index is 0.291. The molecule has 0 aliphatic heterocycles. The standard InChI is InChI=1S/C14H5BrCl3N3/c1-19-13-9(8-3-2-7(16)4-10(8)17)6-21-11(15)5-20-14(21)12(13)18/h2-6H. The molecule has 0 radical (unpaired) electrons. The third kappa shape index (κ3) is 2.41. The van der Waals surface area contributed by atoms with Gasteiger partial charge in [0.1, 0.15) is 10.3 Å². The molecule has 0 unspecified atom stereocenters. The number of aromatic nitrogens is 2. The number of benzene rings is 1. The second-order valence-corrected chi connectivity index (χ2v) is 6.25. The molecule has 3 rings (SSSR count). The Morgan fingerprint density at radius 3 is 2.62 bits per heavy atom. The van der Waals surface area contributed by atoms with Crippen LogP contribution in [-0.2, 0) is 0 Å². The SMILES string of the molecule is [C-]#[N+]c1c(-c2ccc(Cl)cc2Cl)cn2c(Br)cnc2c1Cl. The van der Waals surface area contributed by atoms with Crippen LogP contribution >= 0.6 is 50.7 Å². The van der Waals surface area contributed by atoms with Crippen LogP contribution < -0.4 is 0 Å². The summed E-state index contributed by atoms with van der Waals surface area (Å²) < 4.78 is 2.50. The first kappa shape index (κ1) is 14.7. The van der Waals surface area contributed by atoms with Crippen LogP contribution in [-0.4, -0.2) is 9.38 Å². The summed E-state index contributed by atoms with van der Waals surface area (Å²) in [6, 6.07) is 5.12. The van der Waals surface area contributed by atoms with E-state index < -0.39 is 0 Å². The van der Waals surface area contributed by atoms with Gasteiger partial charge in [-0.15, -0.1) is 0 Å². The Labute approximate surface area is 144 Å². The zero-order valence-corrected chi connectivity index (χ0v) is 14.1. The van der Waals surface area contributed by atoms with E-state index >= 15 is 0 Å². The molecule has 0 spiro atoms. The van der Waals surface area contributed by atoms with E-state index in [2.05, 4.69) is 25.8 Å². The van der Waals surface area contributed by atoms with E-state index in [-0.39, 0.29) is 0 Å². The first-order valence-electron chi connectivity index (χ1n) is 5.71. The third-order valence-corrected chi connectivity index (χ3v) is 4.49. The van der Waals surface area contributed by atoms with Crippen molar-refractivity contribution in [1.29, 1.82) is 0 Å². The first-order valence-corrected chi connectivity index (χ1v) is 7.63. The molecule has 3 aromatic rings. The second kappa shape index (κ2) is 5.51. The van der Waals surface area contributed by atoms with Crippen LogP contribution in [0.1, 0.15) is 0 Å². The molecule has 0 amide bonds. The van der Waals surface area contributed by atoms with E-state index in [1.807, 2.05) is 0 Å². The molecule has 2 aromatic heterocycles. The van der Waals surface area contributed by atoms with Crippen molar-refractivity contribution in [3.8, 4) is 11.1 Å². The lowest BCUT2D eigenvalue weighted by Gasteiger charge is -2.10. The molecule has 3 nitrogen and oxygen atoms in total. The number of halogens is 4. The minimum atomic E-state index is 0.291. The lowest BCUT2D eigenvalue weighted by molar-refractivity contribution is 1.16. The van der Waals surface area contributed by atoms with Crippen molar-refractivity contribution in [2.75, 3.05) is 0 Å². The second-order valence-electron chi connectivity index (χ2n) is 4.22. The van der Waals surface area contributed by atoms with E-state index in [1.165, 1.54) is 0 Å². The van der Waals surface area contributed by atoms with Crippen molar-refractivity contribution < 1.29 is 0 Å². The zero-order chi connectivity index (χ0) is 15.1. The van der Waals surface area contributed by atoms with Crippen LogP contribution in [0.25, 0.3) is 21.6 Å². The minimum Gasteiger partial charge on any atom is -0.295 e. The number of hydrogen-bond donors (Lipinski definition) is 0. The largest absolute Gasteiger partial charge is 0.295 e. The molecule has 0 aliphatic rings. The van der Waals surface area contributed by atoms with E-state index in [0.29, 0.717) is 37.5 Å². The molecule has 0 fully saturated rings. The van der Waals surface area contributed by atoms with Crippen LogP contribution in [0.4, 0.5) is 5.69 Å². The number of imidazole rings is 1. The maximum atomic E-state index is 7.39. The highest BCUT2D eigenvalue weighted by molar-refractivity contribution is 9.10. The number of rotatable bonds is 1. The maximum absolute atomic E-state index is 7.39. The highest BCUT2D eigenvalue weighted by Crippen LogP contribution is 2.42. The quantitative estimate of drug-likeness (QED) is 0.440. The van der Waals surface area contributed by atoms with Crippen molar-refractivity contribution >= 4 is 62.1 Å². The van der Waals surface area contributed by atoms with E-state index in [9.17, 15) is 0 Å². The Bertz CT molecular complexity index is 912. The predicted octanol–water partition coefficient (Wildman–Crippen LogP) is 6.27. The Hall–Kier alpha value is -1.25. The Morgan fingerprint density at radius 2 is 1.95 bits per heavy atom. The van der Waals surface area contributed by atoms with Crippen molar-refractivity contribution in [3.05, 3.63) is 61.7 Å². The van der Waals surface area contributed by atoms with Crippen molar-refractivity contribution in [3.63, 3.8) is 0 Å². The highest BCUT2D eigenvalue weighted by atomic mass is 79.9. The number of hydrogen-bond acceptors (Lipinski definition) is 1. The fourth-order valence-corrected chi connectivity index (χ4v) is 3.22. The molecule has 2 heterocycles. The predicted molar refractivity (Wildman–Crippen MR) is 89.6 cm³/mol. The summed E-state index contributed by atoms with van der Waals surface area (Å²) in [7, 11) is 0. The van der Waals surface area contributed by atoms with Gasteiger partial charge in [0.15, 0.2) is 0 Å². The molecular formula is C14H5BrCl3N3. The normalized spacial score (nSPS) is 10.8. The van der Waals surface area contributed by atoms with Gasteiger partial charge in [-0.1, -0.05) is 40.9 Å². The van der Waals surface area contributed by atoms with Gasteiger partial charge in [0.05, 0.1) is 17.8 Å². The average molecular weight is 401 g/mol. The van der Waals surface area contributed by atoms with Crippen LogP contribution in [0.2, 0.25) is 15.1 Å². The summed E-state index contributed by atoms with van der Waals surface area (Å²) in [5.41, 5.74) is 2.15. The topological polar surface area (TPSA) is 21.7 Å². The van der Waals surface area contributed by atoms with Gasteiger partial charge >= 0.3 is 0 Å². The van der Waals surface area contributed by atoms with Gasteiger partial charge in [0, 0.05) is 21.8 Å². The van der Waals surface area contributed by atoms with Crippen molar-refractivity contribution in [2.24, 2.45) is 0 Å². The summed E-state index contributed by atoms with van der Waals surface area (Å²) in [4.78, 5) is 7.71. The van der Waals surface area contributed by atoms with E-state index in [0.717, 1.165) is 4.60 Å². The maximum Gasteiger partial charge on any atom is 0.218 e. The molecule has 0 aliphatic carbocycles. The molecule has 7 heteroatoms. The number of fused-ring (bicyclic) bond motifs is 1. The number of pyridine rings is 1. The smallest absolute Gasteiger partial charge is 0.218 e. The zero-order valence-electron chi connectivity index (χ0n) is 10.2. The summed E-state index contributed by atoms with van der Waals surface area (Å²) in [5, 5.41) is 1.28. The van der Waals surface area contributed by atoms with Gasteiger partial charge in [0.2, 0.25) is 5.69 Å². The molecule has 21 heavy (non-hydrogen) atoms. The van der Waals surface area contributed by atoms with Crippen LogP contribution in [0.15, 0.2) is 35.2 Å². The van der Waals surface area contributed by atoms with E-state index in [1.54, 1.807) is 35.0 Å². The Balaban J connectivity index is 2.41. The monoisotopic (exact) mass is 399 g/mol. The summed E-state index contributed by atoms with van der Waals surface area (Å²) in [6.07, 6.45) is 3.41. The molecule has 0 N–H and O–H groups in total. The summed E-state index contributed by atoms with van der Waals surface area (Å²) >= 11 is 21.9. The summed E-state index contributed by atoms with van der Waals surface area (Å²) in [5.74, 6) is 0. The van der Waals surface area contributed by atoms with Gasteiger partial charge in [-0.2, -0.15) is 0 Å². The fourth-order valence-electron chi connectivity index (χ4n) is 2.05. The van der Waals surface area contributed by atoms with Gasteiger partial charge in [-0.3, -0.25) is 4.40 Å². The molecule has 0 bridgehead atoms. The lowest BCUT2D eigenvalue weighted by Crippen LogP contribution is -1.91. The molecule has 0 atom stereocenters. The van der Waals surface area contributed by atoms with Gasteiger partial charge in [-0.05, 0) is 33.6 Å².